The maximum Gasteiger partial charge on any atom is 0.267 e. The number of pyridine rings is 1. The van der Waals surface area contributed by atoms with Crippen molar-refractivity contribution in [3.05, 3.63) is 47.7 Å². The highest BCUT2D eigenvalue weighted by atomic mass is 35.5. The normalized spacial score (nSPS) is 15.0. The predicted molar refractivity (Wildman–Crippen MR) is 80.3 cm³/mol. The van der Waals surface area contributed by atoms with Crippen molar-refractivity contribution in [2.75, 3.05) is 17.5 Å². The van der Waals surface area contributed by atoms with Crippen LogP contribution in [0.1, 0.15) is 6.42 Å². The fourth-order valence-electron chi connectivity index (χ4n) is 2.22. The van der Waals surface area contributed by atoms with Crippen LogP contribution in [0.2, 0.25) is 5.02 Å². The van der Waals surface area contributed by atoms with Crippen molar-refractivity contribution < 1.29 is 13.2 Å². The number of hydrogen-bond donors (Lipinski definition) is 0. The van der Waals surface area contributed by atoms with Crippen LogP contribution in [-0.4, -0.2) is 26.6 Å². The van der Waals surface area contributed by atoms with Crippen LogP contribution in [0.4, 0.5) is 5.69 Å². The van der Waals surface area contributed by atoms with Gasteiger partial charge in [0.05, 0.1) is 17.3 Å². The van der Waals surface area contributed by atoms with Gasteiger partial charge in [-0.2, -0.15) is 0 Å². The van der Waals surface area contributed by atoms with Gasteiger partial charge in [-0.15, -0.1) is 0 Å². The molecule has 0 saturated carbocycles. The van der Waals surface area contributed by atoms with Gasteiger partial charge in [0, 0.05) is 25.4 Å². The first-order valence-corrected chi connectivity index (χ1v) is 8.26. The van der Waals surface area contributed by atoms with Crippen LogP contribution in [-0.2, 0) is 10.0 Å². The van der Waals surface area contributed by atoms with E-state index in [2.05, 4.69) is 4.98 Å². The van der Waals surface area contributed by atoms with Crippen LogP contribution >= 0.6 is 11.6 Å². The molecule has 2 aromatic rings. The summed E-state index contributed by atoms with van der Waals surface area (Å²) in [6.07, 6.45) is 3.33. The molecule has 110 valence electrons. The average molecular weight is 325 g/mol. The molecule has 5 nitrogen and oxygen atoms in total. The molecule has 0 unspecified atom stereocenters. The number of hydrogen-bond acceptors (Lipinski definition) is 4. The van der Waals surface area contributed by atoms with Gasteiger partial charge in [-0.05, 0) is 18.2 Å². The van der Waals surface area contributed by atoms with Gasteiger partial charge in [-0.3, -0.25) is 9.29 Å². The summed E-state index contributed by atoms with van der Waals surface area (Å²) in [6, 6.07) is 8.54. The summed E-state index contributed by atoms with van der Waals surface area (Å²) in [6.45, 7) is 0.814. The van der Waals surface area contributed by atoms with Crippen molar-refractivity contribution in [1.82, 2.24) is 4.98 Å². The summed E-state index contributed by atoms with van der Waals surface area (Å²) in [5, 5.41) is 0.160. The Morgan fingerprint density at radius 2 is 2.05 bits per heavy atom. The molecule has 0 radical (unpaired) electrons. The smallest absolute Gasteiger partial charge is 0.267 e. The van der Waals surface area contributed by atoms with Crippen molar-refractivity contribution in [3.63, 3.8) is 0 Å². The van der Waals surface area contributed by atoms with Gasteiger partial charge < -0.3 is 4.74 Å². The number of nitrogens with zero attached hydrogens (tertiary/aromatic N) is 2. The molecular weight excluding hydrogens is 312 g/mol. The topological polar surface area (TPSA) is 59.5 Å². The largest absolute Gasteiger partial charge is 0.491 e. The Balaban J connectivity index is 2.13. The molecule has 0 fully saturated rings. The van der Waals surface area contributed by atoms with E-state index in [4.69, 9.17) is 16.3 Å². The third-order valence-electron chi connectivity index (χ3n) is 3.20. The van der Waals surface area contributed by atoms with Crippen LogP contribution in [0.3, 0.4) is 0 Å². The van der Waals surface area contributed by atoms with Gasteiger partial charge >= 0.3 is 0 Å². The second-order valence-electron chi connectivity index (χ2n) is 4.55. The Labute approximate surface area is 128 Å². The first-order valence-electron chi connectivity index (χ1n) is 6.45. The fourth-order valence-corrected chi connectivity index (χ4v) is 4.14. The standard InChI is InChI=1S/C14H13ClN2O3S/c15-11-6-7-16-10-14(11)21(18,19)17-8-3-9-20-13-5-2-1-4-12(13)17/h1-2,4-7,10H,3,8-9H2. The van der Waals surface area contributed by atoms with Crippen molar-refractivity contribution in [2.24, 2.45) is 0 Å². The first kappa shape index (κ1) is 14.2. The molecule has 1 aromatic heterocycles. The Morgan fingerprint density at radius 1 is 1.24 bits per heavy atom. The molecule has 2 heterocycles. The lowest BCUT2D eigenvalue weighted by atomic mass is 10.3. The van der Waals surface area contributed by atoms with E-state index in [1.165, 1.54) is 22.8 Å². The van der Waals surface area contributed by atoms with Gasteiger partial charge in [0.2, 0.25) is 0 Å². The van der Waals surface area contributed by atoms with Gasteiger partial charge in [0.25, 0.3) is 10.0 Å². The Kier molecular flexibility index (Phi) is 3.73. The fraction of sp³-hybridized carbons (Fsp3) is 0.214. The predicted octanol–water partition coefficient (Wildman–Crippen LogP) is 2.71. The lowest BCUT2D eigenvalue weighted by Gasteiger charge is -2.23. The quantitative estimate of drug-likeness (QED) is 0.852. The highest BCUT2D eigenvalue weighted by molar-refractivity contribution is 7.93. The maximum absolute atomic E-state index is 12.9. The summed E-state index contributed by atoms with van der Waals surface area (Å²) in [5.41, 5.74) is 0.523. The zero-order valence-electron chi connectivity index (χ0n) is 11.1. The monoisotopic (exact) mass is 324 g/mol. The number of anilines is 1. The lowest BCUT2D eigenvalue weighted by Crippen LogP contribution is -2.31. The summed E-state index contributed by atoms with van der Waals surface area (Å²) in [7, 11) is -3.77. The molecule has 1 aliphatic heterocycles. The molecule has 21 heavy (non-hydrogen) atoms. The Bertz CT molecular complexity index is 764. The van der Waals surface area contributed by atoms with Gasteiger partial charge in [0.1, 0.15) is 10.6 Å². The van der Waals surface area contributed by atoms with Crippen LogP contribution in [0.15, 0.2) is 47.6 Å². The molecule has 3 rings (SSSR count). The highest BCUT2D eigenvalue weighted by Crippen LogP contribution is 2.35. The number of fused-ring (bicyclic) bond motifs is 1. The van der Waals surface area contributed by atoms with E-state index in [1.54, 1.807) is 18.2 Å². The minimum Gasteiger partial charge on any atom is -0.491 e. The van der Waals surface area contributed by atoms with Crippen molar-refractivity contribution in [1.29, 1.82) is 0 Å². The average Bonchev–Trinajstić information content (AvgIpc) is 2.70. The van der Waals surface area contributed by atoms with Crippen LogP contribution in [0, 0.1) is 0 Å². The zero-order chi connectivity index (χ0) is 14.9. The second-order valence-corrected chi connectivity index (χ2v) is 6.79. The summed E-state index contributed by atoms with van der Waals surface area (Å²) in [5.74, 6) is 0.554. The van der Waals surface area contributed by atoms with Gasteiger partial charge in [0.15, 0.2) is 0 Å². The third-order valence-corrected chi connectivity index (χ3v) is 5.48. The molecule has 0 atom stereocenters. The van der Waals surface area contributed by atoms with E-state index >= 15 is 0 Å². The molecule has 0 bridgehead atoms. The molecule has 0 aliphatic carbocycles. The maximum atomic E-state index is 12.9. The van der Waals surface area contributed by atoms with Gasteiger partial charge in [-0.25, -0.2) is 8.42 Å². The number of sulfonamides is 1. The molecule has 7 heteroatoms. The Hall–Kier alpha value is -1.79. The van der Waals surface area contributed by atoms with E-state index in [0.717, 1.165) is 0 Å². The molecule has 0 saturated heterocycles. The van der Waals surface area contributed by atoms with E-state index in [0.29, 0.717) is 31.0 Å². The summed E-state index contributed by atoms with van der Waals surface area (Å²) < 4.78 is 32.7. The summed E-state index contributed by atoms with van der Waals surface area (Å²) >= 11 is 6.02. The molecule has 0 N–H and O–H groups in total. The minimum absolute atomic E-state index is 0.00312. The third kappa shape index (κ3) is 2.56. The molecule has 1 aromatic carbocycles. The number of ether oxygens (including phenoxy) is 1. The van der Waals surface area contributed by atoms with Crippen molar-refractivity contribution >= 4 is 27.3 Å². The Morgan fingerprint density at radius 3 is 2.86 bits per heavy atom. The van der Waals surface area contributed by atoms with Gasteiger partial charge in [-0.1, -0.05) is 23.7 Å². The van der Waals surface area contributed by atoms with E-state index in [-0.39, 0.29) is 9.92 Å². The lowest BCUT2D eigenvalue weighted by molar-refractivity contribution is 0.322. The molecular formula is C14H13ClN2O3S. The number of para-hydroxylation sites is 2. The van der Waals surface area contributed by atoms with E-state index < -0.39 is 10.0 Å². The number of rotatable bonds is 2. The van der Waals surface area contributed by atoms with Crippen molar-refractivity contribution in [2.45, 2.75) is 11.3 Å². The van der Waals surface area contributed by atoms with E-state index in [9.17, 15) is 8.42 Å². The number of aromatic nitrogens is 1. The second kappa shape index (κ2) is 5.54. The van der Waals surface area contributed by atoms with Crippen LogP contribution in [0.25, 0.3) is 0 Å². The number of benzene rings is 1. The minimum atomic E-state index is -3.77. The van der Waals surface area contributed by atoms with Crippen LogP contribution in [0.5, 0.6) is 5.75 Å². The first-order chi connectivity index (χ1) is 10.1. The SMILES string of the molecule is O=S(=O)(c1cnccc1Cl)N1CCCOc2ccccc21. The zero-order valence-corrected chi connectivity index (χ0v) is 12.6. The molecule has 0 spiro atoms. The molecule has 0 amide bonds. The van der Waals surface area contributed by atoms with Crippen molar-refractivity contribution in [3.8, 4) is 5.75 Å². The number of halogens is 1. The highest BCUT2D eigenvalue weighted by Gasteiger charge is 2.30. The summed E-state index contributed by atoms with van der Waals surface area (Å²) in [4.78, 5) is 3.87. The van der Waals surface area contributed by atoms with Crippen LogP contribution < -0.4 is 9.04 Å². The molecule has 1 aliphatic rings. The van der Waals surface area contributed by atoms with E-state index in [1.807, 2.05) is 6.07 Å².